The van der Waals surface area contributed by atoms with Gasteiger partial charge in [0.15, 0.2) is 5.79 Å². The number of hydrogen-bond acceptors (Lipinski definition) is 3. The van der Waals surface area contributed by atoms with Crippen LogP contribution in [-0.4, -0.2) is 27.3 Å². The highest BCUT2D eigenvalue weighted by molar-refractivity contribution is 6.70. The van der Waals surface area contributed by atoms with Gasteiger partial charge in [0.1, 0.15) is 5.76 Å². The number of hydrogen-bond donors (Lipinski definition) is 0. The number of rotatable bonds is 4. The molecule has 0 aromatic heterocycles. The zero-order valence-electron chi connectivity index (χ0n) is 15.1. The summed E-state index contributed by atoms with van der Waals surface area (Å²) < 4.78 is 17.6. The summed E-state index contributed by atoms with van der Waals surface area (Å²) in [6.07, 6.45) is 7.44. The Bertz CT molecular complexity index is 515. The molecule has 0 bridgehead atoms. The molecule has 1 heterocycles. The van der Waals surface area contributed by atoms with E-state index in [0.717, 1.165) is 12.2 Å². The molecule has 1 fully saturated rings. The lowest BCUT2D eigenvalue weighted by molar-refractivity contribution is -0.0997. The van der Waals surface area contributed by atoms with E-state index in [-0.39, 0.29) is 5.41 Å². The maximum Gasteiger partial charge on any atom is 0.242 e. The van der Waals surface area contributed by atoms with Crippen LogP contribution in [0, 0.1) is 5.41 Å². The molecule has 0 unspecified atom stereocenters. The lowest BCUT2D eigenvalue weighted by atomic mass is 9.75. The molecule has 1 aliphatic heterocycles. The van der Waals surface area contributed by atoms with E-state index < -0.39 is 14.1 Å². The molecule has 0 N–H and O–H groups in total. The van der Waals surface area contributed by atoms with Gasteiger partial charge in [0.2, 0.25) is 8.32 Å². The van der Waals surface area contributed by atoms with Crippen LogP contribution in [0.1, 0.15) is 34.1 Å². The smallest absolute Gasteiger partial charge is 0.242 e. The number of ether oxygens (including phenoxy) is 2. The van der Waals surface area contributed by atoms with Gasteiger partial charge >= 0.3 is 0 Å². The van der Waals surface area contributed by atoms with Crippen LogP contribution in [0.3, 0.4) is 0 Å². The van der Waals surface area contributed by atoms with Gasteiger partial charge in [-0.05, 0) is 68.6 Å². The van der Waals surface area contributed by atoms with Gasteiger partial charge in [-0.15, -0.1) is 0 Å². The zero-order valence-corrected chi connectivity index (χ0v) is 16.1. The van der Waals surface area contributed by atoms with Gasteiger partial charge in [-0.25, -0.2) is 0 Å². The van der Waals surface area contributed by atoms with E-state index in [4.69, 9.17) is 13.9 Å². The molecule has 0 aromatic carbocycles. The topological polar surface area (TPSA) is 27.7 Å². The Morgan fingerprint density at radius 3 is 2.27 bits per heavy atom. The fraction of sp³-hybridized carbons (Fsp3) is 0.667. The molecule has 0 amide bonds. The molecule has 124 valence electrons. The Balaban J connectivity index is 2.29. The summed E-state index contributed by atoms with van der Waals surface area (Å²) in [5, 5.41) is 0. The van der Waals surface area contributed by atoms with Crippen molar-refractivity contribution < 1.29 is 13.9 Å². The van der Waals surface area contributed by atoms with Crippen molar-refractivity contribution in [1.29, 1.82) is 0 Å². The van der Waals surface area contributed by atoms with Crippen LogP contribution in [-0.2, 0) is 13.9 Å². The molecule has 4 heteroatoms. The molecule has 0 aromatic rings. The van der Waals surface area contributed by atoms with Gasteiger partial charge in [0.25, 0.3) is 0 Å². The molecule has 2 rings (SSSR count). The molecule has 22 heavy (non-hydrogen) atoms. The van der Waals surface area contributed by atoms with Crippen molar-refractivity contribution in [3.8, 4) is 0 Å². The van der Waals surface area contributed by atoms with Crippen LogP contribution in [0.2, 0.25) is 19.6 Å². The van der Waals surface area contributed by atoms with Gasteiger partial charge in [0.05, 0.1) is 13.2 Å². The summed E-state index contributed by atoms with van der Waals surface area (Å²) in [6, 6.07) is 0. The second-order valence-corrected chi connectivity index (χ2v) is 12.4. The molecular formula is C18H30O3Si. The van der Waals surface area contributed by atoms with Crippen LogP contribution in [0.15, 0.2) is 35.1 Å². The number of allylic oxidation sites excluding steroid dienone is 4. The second kappa shape index (κ2) is 5.98. The second-order valence-electron chi connectivity index (χ2n) is 7.96. The SMILES string of the molecule is CC1=C(/C=C/C2(C)OCCO2)C(C)(C)CC=C1O[Si](C)(C)C. The summed E-state index contributed by atoms with van der Waals surface area (Å²) in [4.78, 5) is 0. The van der Waals surface area contributed by atoms with Gasteiger partial charge in [-0.1, -0.05) is 19.9 Å². The predicted octanol–water partition coefficient (Wildman–Crippen LogP) is 4.79. The van der Waals surface area contributed by atoms with Crippen molar-refractivity contribution in [3.05, 3.63) is 35.1 Å². The monoisotopic (exact) mass is 322 g/mol. The standard InChI is InChI=1S/C18H30O3Si/c1-14-15(8-11-18(4)19-12-13-20-18)17(2,3)10-9-16(14)21-22(5,6)7/h8-9,11H,10,12-13H2,1-7H3/b11-8+. The Morgan fingerprint density at radius 1 is 1.14 bits per heavy atom. The van der Waals surface area contributed by atoms with Crippen molar-refractivity contribution in [2.45, 2.75) is 59.5 Å². The summed E-state index contributed by atoms with van der Waals surface area (Å²) in [6.45, 7) is 16.7. The minimum absolute atomic E-state index is 0.0991. The maximum absolute atomic E-state index is 6.26. The first kappa shape index (κ1) is 17.5. The van der Waals surface area contributed by atoms with Crippen molar-refractivity contribution >= 4 is 8.32 Å². The van der Waals surface area contributed by atoms with Gasteiger partial charge in [-0.3, -0.25) is 0 Å². The quantitative estimate of drug-likeness (QED) is 0.697. The molecule has 2 aliphatic rings. The van der Waals surface area contributed by atoms with Crippen LogP contribution < -0.4 is 0 Å². The molecule has 1 saturated heterocycles. The third kappa shape index (κ3) is 4.12. The van der Waals surface area contributed by atoms with Crippen LogP contribution >= 0.6 is 0 Å². The fourth-order valence-corrected chi connectivity index (χ4v) is 3.81. The third-order valence-corrected chi connectivity index (χ3v) is 4.96. The molecular weight excluding hydrogens is 292 g/mol. The minimum atomic E-state index is -1.60. The Morgan fingerprint density at radius 2 is 1.73 bits per heavy atom. The Labute approximate surface area is 136 Å². The van der Waals surface area contributed by atoms with E-state index in [1.165, 1.54) is 11.1 Å². The van der Waals surface area contributed by atoms with Gasteiger partial charge in [0, 0.05) is 0 Å². The van der Waals surface area contributed by atoms with E-state index in [0.29, 0.717) is 13.2 Å². The Kier molecular flexibility index (Phi) is 4.76. The molecule has 0 atom stereocenters. The maximum atomic E-state index is 6.26. The van der Waals surface area contributed by atoms with E-state index in [9.17, 15) is 0 Å². The lowest BCUT2D eigenvalue weighted by Gasteiger charge is -2.34. The molecule has 0 radical (unpaired) electrons. The largest absolute Gasteiger partial charge is 0.544 e. The van der Waals surface area contributed by atoms with Crippen molar-refractivity contribution in [2.75, 3.05) is 13.2 Å². The first-order chi connectivity index (χ1) is 10.0. The van der Waals surface area contributed by atoms with Crippen LogP contribution in [0.25, 0.3) is 0 Å². The van der Waals surface area contributed by atoms with E-state index in [1.54, 1.807) is 0 Å². The van der Waals surface area contributed by atoms with E-state index in [2.05, 4.69) is 52.6 Å². The highest BCUT2D eigenvalue weighted by atomic mass is 28.4. The normalized spacial score (nSPS) is 24.8. The summed E-state index contributed by atoms with van der Waals surface area (Å²) in [5.41, 5.74) is 2.64. The average Bonchev–Trinajstić information content (AvgIpc) is 2.78. The third-order valence-electron chi connectivity index (χ3n) is 4.13. The molecule has 3 nitrogen and oxygen atoms in total. The minimum Gasteiger partial charge on any atom is -0.544 e. The van der Waals surface area contributed by atoms with Crippen molar-refractivity contribution in [2.24, 2.45) is 5.41 Å². The van der Waals surface area contributed by atoms with E-state index in [1.807, 2.05) is 13.0 Å². The molecule has 1 aliphatic carbocycles. The summed E-state index contributed by atoms with van der Waals surface area (Å²) >= 11 is 0. The molecule has 0 saturated carbocycles. The zero-order chi connectivity index (χ0) is 16.6. The highest BCUT2D eigenvalue weighted by Gasteiger charge is 2.32. The summed E-state index contributed by atoms with van der Waals surface area (Å²) in [5.74, 6) is 0.459. The fourth-order valence-electron chi connectivity index (χ4n) is 2.91. The van der Waals surface area contributed by atoms with Gasteiger partial charge in [-0.2, -0.15) is 0 Å². The van der Waals surface area contributed by atoms with Crippen LogP contribution in [0.5, 0.6) is 0 Å². The van der Waals surface area contributed by atoms with Crippen molar-refractivity contribution in [3.63, 3.8) is 0 Å². The average molecular weight is 323 g/mol. The summed E-state index contributed by atoms with van der Waals surface area (Å²) in [7, 11) is -1.60. The molecule has 0 spiro atoms. The first-order valence-electron chi connectivity index (χ1n) is 8.11. The Hall–Kier alpha value is -0.843. The lowest BCUT2D eigenvalue weighted by Crippen LogP contribution is -2.28. The predicted molar refractivity (Wildman–Crippen MR) is 93.1 cm³/mol. The van der Waals surface area contributed by atoms with Crippen LogP contribution in [0.4, 0.5) is 0 Å². The first-order valence-corrected chi connectivity index (χ1v) is 11.5. The van der Waals surface area contributed by atoms with E-state index >= 15 is 0 Å². The highest BCUT2D eigenvalue weighted by Crippen LogP contribution is 2.41. The van der Waals surface area contributed by atoms with Gasteiger partial charge < -0.3 is 13.9 Å². The van der Waals surface area contributed by atoms with Crippen molar-refractivity contribution in [1.82, 2.24) is 0 Å².